The Morgan fingerprint density at radius 3 is 2.38 bits per heavy atom. The lowest BCUT2D eigenvalue weighted by molar-refractivity contribution is 0.0740. The molecule has 1 aromatic rings. The molecular formula is C16H27N3O4S. The van der Waals surface area contributed by atoms with Gasteiger partial charge in [-0.05, 0) is 36.2 Å². The van der Waals surface area contributed by atoms with Crippen molar-refractivity contribution in [2.24, 2.45) is 11.1 Å². The summed E-state index contributed by atoms with van der Waals surface area (Å²) in [5.74, 6) is -0.173. The van der Waals surface area contributed by atoms with Crippen LogP contribution in [0.3, 0.4) is 0 Å². The van der Waals surface area contributed by atoms with E-state index in [2.05, 4.69) is 4.72 Å². The van der Waals surface area contributed by atoms with Crippen LogP contribution in [0.15, 0.2) is 29.2 Å². The highest BCUT2D eigenvalue weighted by Crippen LogP contribution is 2.17. The average Bonchev–Trinajstić information content (AvgIpc) is 2.54. The van der Waals surface area contributed by atoms with Crippen molar-refractivity contribution in [3.05, 3.63) is 29.8 Å². The summed E-state index contributed by atoms with van der Waals surface area (Å²) in [7, 11) is -0.397. The largest absolute Gasteiger partial charge is 0.383 e. The predicted molar refractivity (Wildman–Crippen MR) is 93.3 cm³/mol. The SMILES string of the molecule is COCCNS(=O)(=O)c1ccc(C(=O)N(C)CC(C)(C)CN)cc1. The predicted octanol–water partition coefficient (Wildman–Crippen LogP) is 0.668. The fourth-order valence-electron chi connectivity index (χ4n) is 2.14. The number of benzene rings is 1. The maximum atomic E-state index is 12.4. The van der Waals surface area contributed by atoms with Gasteiger partial charge in [0.05, 0.1) is 11.5 Å². The Morgan fingerprint density at radius 2 is 1.88 bits per heavy atom. The Morgan fingerprint density at radius 1 is 1.29 bits per heavy atom. The Kier molecular flexibility index (Phi) is 7.34. The minimum Gasteiger partial charge on any atom is -0.383 e. The van der Waals surface area contributed by atoms with Gasteiger partial charge >= 0.3 is 0 Å². The monoisotopic (exact) mass is 357 g/mol. The molecule has 7 nitrogen and oxygen atoms in total. The van der Waals surface area contributed by atoms with Gasteiger partial charge in [0.25, 0.3) is 5.91 Å². The summed E-state index contributed by atoms with van der Waals surface area (Å²) in [6.07, 6.45) is 0. The molecule has 0 spiro atoms. The number of rotatable bonds is 9. The van der Waals surface area contributed by atoms with E-state index in [0.29, 0.717) is 18.7 Å². The van der Waals surface area contributed by atoms with E-state index in [9.17, 15) is 13.2 Å². The van der Waals surface area contributed by atoms with Crippen molar-refractivity contribution in [2.45, 2.75) is 18.7 Å². The van der Waals surface area contributed by atoms with Gasteiger partial charge in [0, 0.05) is 32.8 Å². The summed E-state index contributed by atoms with van der Waals surface area (Å²) in [4.78, 5) is 14.1. The molecule has 0 saturated heterocycles. The second kappa shape index (κ2) is 8.57. The minimum atomic E-state index is -3.60. The van der Waals surface area contributed by atoms with Crippen LogP contribution in [0, 0.1) is 5.41 Å². The smallest absolute Gasteiger partial charge is 0.253 e. The van der Waals surface area contributed by atoms with E-state index in [-0.39, 0.29) is 29.4 Å². The zero-order valence-corrected chi connectivity index (χ0v) is 15.5. The highest BCUT2D eigenvalue weighted by molar-refractivity contribution is 7.89. The number of amides is 1. The molecular weight excluding hydrogens is 330 g/mol. The average molecular weight is 357 g/mol. The third kappa shape index (κ3) is 5.86. The molecule has 0 radical (unpaired) electrons. The quantitative estimate of drug-likeness (QED) is 0.633. The molecule has 8 heteroatoms. The van der Waals surface area contributed by atoms with Gasteiger partial charge in [-0.3, -0.25) is 4.79 Å². The molecule has 1 rings (SSSR count). The molecule has 24 heavy (non-hydrogen) atoms. The molecule has 0 aliphatic heterocycles. The number of carbonyl (C=O) groups excluding carboxylic acids is 1. The second-order valence-corrected chi connectivity index (χ2v) is 8.21. The standard InChI is InChI=1S/C16H27N3O4S/c1-16(2,11-17)12-19(3)15(20)13-5-7-14(8-6-13)24(21,22)18-9-10-23-4/h5-8,18H,9-12,17H2,1-4H3. The van der Waals surface area contributed by atoms with Crippen molar-refractivity contribution < 1.29 is 17.9 Å². The van der Waals surface area contributed by atoms with E-state index >= 15 is 0 Å². The highest BCUT2D eigenvalue weighted by Gasteiger charge is 2.22. The number of hydrogen-bond acceptors (Lipinski definition) is 5. The van der Waals surface area contributed by atoms with Crippen molar-refractivity contribution in [3.63, 3.8) is 0 Å². The first-order valence-electron chi connectivity index (χ1n) is 7.67. The maximum absolute atomic E-state index is 12.4. The number of ether oxygens (including phenoxy) is 1. The molecule has 0 aliphatic rings. The Labute approximate surface area is 144 Å². The van der Waals surface area contributed by atoms with Gasteiger partial charge in [-0.1, -0.05) is 13.8 Å². The lowest BCUT2D eigenvalue weighted by Crippen LogP contribution is -2.39. The Hall–Kier alpha value is -1.48. The first kappa shape index (κ1) is 20.6. The normalized spacial score (nSPS) is 12.2. The molecule has 0 aromatic heterocycles. The second-order valence-electron chi connectivity index (χ2n) is 6.44. The van der Waals surface area contributed by atoms with Crippen LogP contribution in [-0.2, 0) is 14.8 Å². The van der Waals surface area contributed by atoms with Crippen LogP contribution in [-0.4, -0.2) is 59.6 Å². The van der Waals surface area contributed by atoms with Gasteiger partial charge in [-0.25, -0.2) is 13.1 Å². The van der Waals surface area contributed by atoms with E-state index in [1.807, 2.05) is 13.8 Å². The zero-order chi connectivity index (χ0) is 18.4. The number of carbonyl (C=O) groups is 1. The third-order valence-corrected chi connectivity index (χ3v) is 5.05. The maximum Gasteiger partial charge on any atom is 0.253 e. The molecule has 0 heterocycles. The van der Waals surface area contributed by atoms with Crippen molar-refractivity contribution in [3.8, 4) is 0 Å². The summed E-state index contributed by atoms with van der Waals surface area (Å²) in [6, 6.07) is 5.87. The molecule has 0 bridgehead atoms. The van der Waals surface area contributed by atoms with E-state index in [1.54, 1.807) is 11.9 Å². The van der Waals surface area contributed by atoms with Gasteiger partial charge in [0.1, 0.15) is 0 Å². The van der Waals surface area contributed by atoms with Crippen LogP contribution in [0.2, 0.25) is 0 Å². The first-order valence-corrected chi connectivity index (χ1v) is 9.15. The lowest BCUT2D eigenvalue weighted by Gasteiger charge is -2.29. The summed E-state index contributed by atoms with van der Waals surface area (Å²) in [5, 5.41) is 0. The fourth-order valence-corrected chi connectivity index (χ4v) is 3.15. The van der Waals surface area contributed by atoms with Gasteiger partial charge in [-0.15, -0.1) is 0 Å². The minimum absolute atomic E-state index is 0.111. The molecule has 0 aliphatic carbocycles. The lowest BCUT2D eigenvalue weighted by atomic mass is 9.93. The number of hydrogen-bond donors (Lipinski definition) is 2. The van der Waals surface area contributed by atoms with E-state index in [0.717, 1.165) is 0 Å². The van der Waals surface area contributed by atoms with Crippen molar-refractivity contribution >= 4 is 15.9 Å². The molecule has 0 unspecified atom stereocenters. The number of nitrogens with two attached hydrogens (primary N) is 1. The molecule has 136 valence electrons. The van der Waals surface area contributed by atoms with Crippen LogP contribution in [0.1, 0.15) is 24.2 Å². The van der Waals surface area contributed by atoms with E-state index in [4.69, 9.17) is 10.5 Å². The molecule has 1 amide bonds. The van der Waals surface area contributed by atoms with Gasteiger partial charge < -0.3 is 15.4 Å². The van der Waals surface area contributed by atoms with Crippen LogP contribution >= 0.6 is 0 Å². The number of nitrogens with zero attached hydrogens (tertiary/aromatic N) is 1. The van der Waals surface area contributed by atoms with Gasteiger partial charge in [0.15, 0.2) is 0 Å². The fraction of sp³-hybridized carbons (Fsp3) is 0.562. The first-order chi connectivity index (χ1) is 11.1. The van der Waals surface area contributed by atoms with E-state index in [1.165, 1.54) is 31.4 Å². The summed E-state index contributed by atoms with van der Waals surface area (Å²) in [5.41, 5.74) is 5.94. The molecule has 0 atom stereocenters. The summed E-state index contributed by atoms with van der Waals surface area (Å²) in [6.45, 7) is 5.43. The Bertz CT molecular complexity index is 642. The number of nitrogens with one attached hydrogen (secondary N) is 1. The van der Waals surface area contributed by atoms with Crippen LogP contribution in [0.25, 0.3) is 0 Å². The zero-order valence-electron chi connectivity index (χ0n) is 14.7. The van der Waals surface area contributed by atoms with Gasteiger partial charge in [0.2, 0.25) is 10.0 Å². The van der Waals surface area contributed by atoms with Crippen molar-refractivity contribution in [2.75, 3.05) is 40.4 Å². The Balaban J connectivity index is 2.81. The van der Waals surface area contributed by atoms with E-state index < -0.39 is 10.0 Å². The topological polar surface area (TPSA) is 102 Å². The van der Waals surface area contributed by atoms with Crippen LogP contribution < -0.4 is 10.5 Å². The van der Waals surface area contributed by atoms with Crippen molar-refractivity contribution in [1.82, 2.24) is 9.62 Å². The highest BCUT2D eigenvalue weighted by atomic mass is 32.2. The van der Waals surface area contributed by atoms with Crippen LogP contribution in [0.4, 0.5) is 0 Å². The molecule has 0 fully saturated rings. The molecule has 3 N–H and O–H groups in total. The van der Waals surface area contributed by atoms with Gasteiger partial charge in [-0.2, -0.15) is 0 Å². The molecule has 0 saturated carbocycles. The van der Waals surface area contributed by atoms with Crippen LogP contribution in [0.5, 0.6) is 0 Å². The summed E-state index contributed by atoms with van der Waals surface area (Å²) >= 11 is 0. The van der Waals surface area contributed by atoms with Crippen molar-refractivity contribution in [1.29, 1.82) is 0 Å². The third-order valence-electron chi connectivity index (χ3n) is 3.57. The summed E-state index contributed by atoms with van der Waals surface area (Å²) < 4.78 is 31.4. The molecule has 1 aromatic carbocycles. The number of methoxy groups -OCH3 is 1. The number of sulfonamides is 1.